The molecule has 7 nitrogen and oxygen atoms in total. The van der Waals surface area contributed by atoms with Gasteiger partial charge >= 0.3 is 6.03 Å². The maximum atomic E-state index is 12.3. The number of amides is 4. The molecule has 0 radical (unpaired) electrons. The SMILES string of the molecule is O=C1NC(=O)C2CC(C(=O)N3CCCC3)CNC2N1. The summed E-state index contributed by atoms with van der Waals surface area (Å²) in [6.45, 7) is 2.17. The number of hydrogen-bond acceptors (Lipinski definition) is 4. The normalized spacial score (nSPS) is 34.5. The third kappa shape index (κ3) is 2.30. The molecule has 0 aromatic carbocycles. The van der Waals surface area contributed by atoms with Gasteiger partial charge in [-0.2, -0.15) is 0 Å². The average Bonchev–Trinajstić information content (AvgIpc) is 2.91. The first-order valence-corrected chi connectivity index (χ1v) is 6.78. The number of imide groups is 1. The van der Waals surface area contributed by atoms with E-state index in [-0.39, 0.29) is 29.8 Å². The van der Waals surface area contributed by atoms with Crippen molar-refractivity contribution >= 4 is 17.8 Å². The topological polar surface area (TPSA) is 90.5 Å². The van der Waals surface area contributed by atoms with E-state index in [4.69, 9.17) is 0 Å². The van der Waals surface area contributed by atoms with Crippen LogP contribution in [0.15, 0.2) is 0 Å². The zero-order valence-corrected chi connectivity index (χ0v) is 10.6. The summed E-state index contributed by atoms with van der Waals surface area (Å²) in [5.74, 6) is -0.684. The fourth-order valence-corrected chi connectivity index (χ4v) is 3.11. The quantitative estimate of drug-likeness (QED) is 0.568. The molecule has 3 atom stereocenters. The lowest BCUT2D eigenvalue weighted by Crippen LogP contribution is -2.67. The molecule has 3 aliphatic rings. The highest BCUT2D eigenvalue weighted by Crippen LogP contribution is 2.25. The molecule has 3 fully saturated rings. The second kappa shape index (κ2) is 4.80. The molecule has 0 aromatic heterocycles. The first-order valence-electron chi connectivity index (χ1n) is 6.78. The molecule has 104 valence electrons. The fraction of sp³-hybridized carbons (Fsp3) is 0.750. The second-order valence-electron chi connectivity index (χ2n) is 5.42. The van der Waals surface area contributed by atoms with Crippen LogP contribution in [0.5, 0.6) is 0 Å². The fourth-order valence-electron chi connectivity index (χ4n) is 3.11. The Morgan fingerprint density at radius 3 is 2.68 bits per heavy atom. The molecule has 7 heteroatoms. The van der Waals surface area contributed by atoms with Gasteiger partial charge in [-0.05, 0) is 19.3 Å². The number of fused-ring (bicyclic) bond motifs is 1. The minimum absolute atomic E-state index is 0.133. The van der Waals surface area contributed by atoms with Crippen molar-refractivity contribution in [3.63, 3.8) is 0 Å². The lowest BCUT2D eigenvalue weighted by molar-refractivity contribution is -0.137. The van der Waals surface area contributed by atoms with E-state index in [0.29, 0.717) is 13.0 Å². The molecule has 0 aromatic rings. The van der Waals surface area contributed by atoms with Crippen LogP contribution in [0.1, 0.15) is 19.3 Å². The highest BCUT2D eigenvalue weighted by Gasteiger charge is 2.42. The van der Waals surface area contributed by atoms with Crippen LogP contribution in [0.4, 0.5) is 4.79 Å². The molecule has 0 aliphatic carbocycles. The molecule has 3 N–H and O–H groups in total. The first kappa shape index (κ1) is 12.4. The van der Waals surface area contributed by atoms with Crippen LogP contribution in [-0.4, -0.2) is 48.5 Å². The van der Waals surface area contributed by atoms with E-state index in [0.717, 1.165) is 25.9 Å². The van der Waals surface area contributed by atoms with Crippen molar-refractivity contribution in [1.82, 2.24) is 20.9 Å². The van der Waals surface area contributed by atoms with Crippen LogP contribution >= 0.6 is 0 Å². The summed E-state index contributed by atoms with van der Waals surface area (Å²) in [6, 6.07) is -0.469. The van der Waals surface area contributed by atoms with Gasteiger partial charge in [0, 0.05) is 19.6 Å². The third-order valence-electron chi connectivity index (χ3n) is 4.15. The molecule has 3 rings (SSSR count). The van der Waals surface area contributed by atoms with E-state index < -0.39 is 6.03 Å². The predicted octanol–water partition coefficient (Wildman–Crippen LogP) is -1.000. The maximum Gasteiger partial charge on any atom is 0.322 e. The Kier molecular flexibility index (Phi) is 3.14. The molecule has 0 saturated carbocycles. The standard InChI is InChI=1S/C12H18N4O3/c17-10-8-5-7(11(18)16-3-1-2-4-16)6-13-9(8)14-12(19)15-10/h7-9,13H,1-6H2,(H2,14,15,17,19). The summed E-state index contributed by atoms with van der Waals surface area (Å²) < 4.78 is 0. The van der Waals surface area contributed by atoms with Crippen molar-refractivity contribution in [2.24, 2.45) is 11.8 Å². The molecule has 0 bridgehead atoms. The lowest BCUT2D eigenvalue weighted by Gasteiger charge is -2.39. The van der Waals surface area contributed by atoms with Crippen LogP contribution in [0.3, 0.4) is 0 Å². The van der Waals surface area contributed by atoms with Crippen molar-refractivity contribution in [2.75, 3.05) is 19.6 Å². The summed E-state index contributed by atoms with van der Waals surface area (Å²) in [6.07, 6.45) is 2.28. The van der Waals surface area contributed by atoms with E-state index in [9.17, 15) is 14.4 Å². The molecular formula is C12H18N4O3. The van der Waals surface area contributed by atoms with Gasteiger partial charge in [0.1, 0.15) is 0 Å². The highest BCUT2D eigenvalue weighted by atomic mass is 16.2. The van der Waals surface area contributed by atoms with Gasteiger partial charge in [-0.3, -0.25) is 20.2 Å². The van der Waals surface area contributed by atoms with Crippen molar-refractivity contribution in [3.8, 4) is 0 Å². The predicted molar refractivity (Wildman–Crippen MR) is 65.9 cm³/mol. The van der Waals surface area contributed by atoms with E-state index in [1.807, 2.05) is 4.90 Å². The van der Waals surface area contributed by atoms with Crippen molar-refractivity contribution in [1.29, 1.82) is 0 Å². The van der Waals surface area contributed by atoms with Crippen molar-refractivity contribution in [2.45, 2.75) is 25.4 Å². The molecule has 3 unspecified atom stereocenters. The maximum absolute atomic E-state index is 12.3. The van der Waals surface area contributed by atoms with Gasteiger partial charge < -0.3 is 10.2 Å². The Morgan fingerprint density at radius 2 is 1.95 bits per heavy atom. The van der Waals surface area contributed by atoms with Crippen LogP contribution in [-0.2, 0) is 9.59 Å². The molecule has 0 spiro atoms. The number of nitrogens with zero attached hydrogens (tertiary/aromatic N) is 1. The van der Waals surface area contributed by atoms with Crippen molar-refractivity contribution < 1.29 is 14.4 Å². The number of carbonyl (C=O) groups is 3. The monoisotopic (exact) mass is 266 g/mol. The highest BCUT2D eigenvalue weighted by molar-refractivity contribution is 5.98. The van der Waals surface area contributed by atoms with Gasteiger partial charge in [0.25, 0.3) is 0 Å². The number of nitrogens with one attached hydrogen (secondary N) is 3. The zero-order chi connectivity index (χ0) is 13.4. The number of urea groups is 1. The van der Waals surface area contributed by atoms with Gasteiger partial charge in [0.2, 0.25) is 11.8 Å². The summed E-state index contributed by atoms with van der Waals surface area (Å²) in [5, 5.41) is 8.02. The Labute approximate surface area is 111 Å². The van der Waals surface area contributed by atoms with Crippen LogP contribution in [0.2, 0.25) is 0 Å². The third-order valence-corrected chi connectivity index (χ3v) is 4.15. The van der Waals surface area contributed by atoms with Gasteiger partial charge in [0.15, 0.2) is 0 Å². The molecule has 4 amide bonds. The van der Waals surface area contributed by atoms with Crippen molar-refractivity contribution in [3.05, 3.63) is 0 Å². The molecular weight excluding hydrogens is 248 g/mol. The molecule has 3 heterocycles. The summed E-state index contributed by atoms with van der Waals surface area (Å²) in [5.41, 5.74) is 0. The minimum Gasteiger partial charge on any atom is -0.342 e. The smallest absolute Gasteiger partial charge is 0.322 e. The van der Waals surface area contributed by atoms with E-state index >= 15 is 0 Å². The van der Waals surface area contributed by atoms with E-state index in [1.54, 1.807) is 0 Å². The van der Waals surface area contributed by atoms with E-state index in [1.165, 1.54) is 0 Å². The van der Waals surface area contributed by atoms with E-state index in [2.05, 4.69) is 16.0 Å². The molecule has 19 heavy (non-hydrogen) atoms. The van der Waals surface area contributed by atoms with Gasteiger partial charge in [0.05, 0.1) is 18.0 Å². The van der Waals surface area contributed by atoms with Gasteiger partial charge in [-0.15, -0.1) is 0 Å². The van der Waals surface area contributed by atoms with Crippen LogP contribution < -0.4 is 16.0 Å². The number of likely N-dealkylation sites (tertiary alicyclic amines) is 1. The molecule has 3 saturated heterocycles. The van der Waals surface area contributed by atoms with Crippen LogP contribution in [0, 0.1) is 11.8 Å². The number of carbonyl (C=O) groups excluding carboxylic acids is 3. The number of piperidine rings is 1. The second-order valence-corrected chi connectivity index (χ2v) is 5.42. The lowest BCUT2D eigenvalue weighted by atomic mass is 9.85. The van der Waals surface area contributed by atoms with Gasteiger partial charge in [-0.25, -0.2) is 4.79 Å². The Balaban J connectivity index is 1.66. The summed E-state index contributed by atoms with van der Waals surface area (Å²) in [4.78, 5) is 37.2. The zero-order valence-electron chi connectivity index (χ0n) is 10.6. The van der Waals surface area contributed by atoms with Gasteiger partial charge in [-0.1, -0.05) is 0 Å². The summed E-state index contributed by atoms with van der Waals surface area (Å²) >= 11 is 0. The Morgan fingerprint density at radius 1 is 1.21 bits per heavy atom. The number of hydrogen-bond donors (Lipinski definition) is 3. The van der Waals surface area contributed by atoms with Crippen LogP contribution in [0.25, 0.3) is 0 Å². The Bertz CT molecular complexity index is 419. The average molecular weight is 266 g/mol. The number of rotatable bonds is 1. The summed E-state index contributed by atoms with van der Waals surface area (Å²) in [7, 11) is 0. The Hall–Kier alpha value is -1.63. The largest absolute Gasteiger partial charge is 0.342 e. The minimum atomic E-state index is -0.469. The molecule has 3 aliphatic heterocycles. The first-order chi connectivity index (χ1) is 9.15.